The standard InChI is InChI=1S/C16H13Cl2F3N4Si/c1-26(2,3)5-4-10-13(8-22)24-25(15(10)23)14-11(17)6-9(7-12(14)18)16(19,20)21/h6-7H,23H2,1-3H3. The maximum Gasteiger partial charge on any atom is 0.416 e. The number of anilines is 1. The molecule has 1 heterocycles. The second kappa shape index (κ2) is 6.88. The molecule has 136 valence electrons. The Hall–Kier alpha value is -2.13. The number of hydrogen-bond donors (Lipinski definition) is 1. The Bertz CT molecular complexity index is 950. The number of rotatable bonds is 1. The highest BCUT2D eigenvalue weighted by Gasteiger charge is 2.32. The van der Waals surface area contributed by atoms with Crippen LogP contribution in [0.25, 0.3) is 5.69 Å². The van der Waals surface area contributed by atoms with E-state index in [2.05, 4.69) is 16.6 Å². The van der Waals surface area contributed by atoms with Crippen LogP contribution in [0.1, 0.15) is 16.8 Å². The van der Waals surface area contributed by atoms with Gasteiger partial charge in [0, 0.05) is 0 Å². The van der Waals surface area contributed by atoms with Crippen molar-refractivity contribution in [2.45, 2.75) is 25.8 Å². The molecule has 2 rings (SSSR count). The van der Waals surface area contributed by atoms with Gasteiger partial charge in [-0.1, -0.05) is 48.8 Å². The number of hydrogen-bond acceptors (Lipinski definition) is 3. The average Bonchev–Trinajstić information content (AvgIpc) is 2.79. The van der Waals surface area contributed by atoms with Crippen molar-refractivity contribution in [3.63, 3.8) is 0 Å². The first-order chi connectivity index (χ1) is 11.8. The van der Waals surface area contributed by atoms with E-state index in [-0.39, 0.29) is 32.8 Å². The summed E-state index contributed by atoms with van der Waals surface area (Å²) in [5.41, 5.74) is 8.19. The van der Waals surface area contributed by atoms with E-state index >= 15 is 0 Å². The first-order valence-corrected chi connectivity index (χ1v) is 11.5. The fourth-order valence-corrected chi connectivity index (χ4v) is 3.13. The number of halogens is 5. The first kappa shape index (κ1) is 20.2. The minimum atomic E-state index is -4.60. The third-order valence-corrected chi connectivity index (χ3v) is 4.60. The van der Waals surface area contributed by atoms with Gasteiger partial charge in [0.05, 0.1) is 15.6 Å². The molecular weight excluding hydrogens is 404 g/mol. The predicted molar refractivity (Wildman–Crippen MR) is 97.9 cm³/mol. The molecule has 1 aromatic heterocycles. The average molecular weight is 417 g/mol. The Balaban J connectivity index is 2.70. The maximum atomic E-state index is 12.9. The summed E-state index contributed by atoms with van der Waals surface area (Å²) in [6.07, 6.45) is -4.60. The van der Waals surface area contributed by atoms with Gasteiger partial charge in [-0.2, -0.15) is 23.5 Å². The zero-order chi connectivity index (χ0) is 19.9. The molecule has 0 fully saturated rings. The second-order valence-corrected chi connectivity index (χ2v) is 12.0. The van der Waals surface area contributed by atoms with Crippen molar-refractivity contribution in [1.29, 1.82) is 5.26 Å². The molecule has 0 radical (unpaired) electrons. The van der Waals surface area contributed by atoms with Crippen LogP contribution < -0.4 is 5.73 Å². The fourth-order valence-electron chi connectivity index (χ4n) is 1.98. The quantitative estimate of drug-likeness (QED) is 0.531. The lowest BCUT2D eigenvalue weighted by Crippen LogP contribution is -2.16. The smallest absolute Gasteiger partial charge is 0.383 e. The summed E-state index contributed by atoms with van der Waals surface area (Å²) < 4.78 is 39.7. The highest BCUT2D eigenvalue weighted by atomic mass is 35.5. The van der Waals surface area contributed by atoms with Crippen LogP contribution in [-0.4, -0.2) is 17.9 Å². The van der Waals surface area contributed by atoms with Crippen molar-refractivity contribution in [1.82, 2.24) is 9.78 Å². The van der Waals surface area contributed by atoms with Crippen LogP contribution in [0.15, 0.2) is 12.1 Å². The maximum absolute atomic E-state index is 12.9. The van der Waals surface area contributed by atoms with Gasteiger partial charge in [-0.05, 0) is 12.1 Å². The number of aromatic nitrogens is 2. The van der Waals surface area contributed by atoms with E-state index in [9.17, 15) is 18.4 Å². The molecule has 1 aromatic carbocycles. The Morgan fingerprint density at radius 3 is 2.15 bits per heavy atom. The molecule has 0 aliphatic carbocycles. The minimum Gasteiger partial charge on any atom is -0.383 e. The molecule has 0 bridgehead atoms. The lowest BCUT2D eigenvalue weighted by Gasteiger charge is -2.13. The van der Waals surface area contributed by atoms with E-state index < -0.39 is 19.8 Å². The van der Waals surface area contributed by atoms with Crippen LogP contribution in [0, 0.1) is 22.8 Å². The van der Waals surface area contributed by atoms with E-state index in [1.165, 1.54) is 0 Å². The largest absolute Gasteiger partial charge is 0.416 e. The summed E-state index contributed by atoms with van der Waals surface area (Å²) in [5.74, 6) is 2.83. The minimum absolute atomic E-state index is 0.0177. The van der Waals surface area contributed by atoms with E-state index in [0.717, 1.165) is 16.8 Å². The topological polar surface area (TPSA) is 67.6 Å². The van der Waals surface area contributed by atoms with Crippen molar-refractivity contribution in [3.05, 3.63) is 39.0 Å². The summed E-state index contributed by atoms with van der Waals surface area (Å²) in [7, 11) is -1.76. The van der Waals surface area contributed by atoms with Gasteiger partial charge in [-0.3, -0.25) is 0 Å². The summed E-state index contributed by atoms with van der Waals surface area (Å²) in [4.78, 5) is 0. The van der Waals surface area contributed by atoms with Crippen molar-refractivity contribution in [2.24, 2.45) is 0 Å². The monoisotopic (exact) mass is 416 g/mol. The molecule has 0 aliphatic rings. The van der Waals surface area contributed by atoms with Gasteiger partial charge < -0.3 is 5.73 Å². The van der Waals surface area contributed by atoms with Crippen molar-refractivity contribution < 1.29 is 13.2 Å². The van der Waals surface area contributed by atoms with Crippen LogP contribution in [0.4, 0.5) is 19.0 Å². The molecule has 4 nitrogen and oxygen atoms in total. The van der Waals surface area contributed by atoms with Crippen molar-refractivity contribution >= 4 is 37.1 Å². The van der Waals surface area contributed by atoms with E-state index in [1.807, 2.05) is 25.7 Å². The zero-order valence-corrected chi connectivity index (χ0v) is 16.5. The molecule has 0 aliphatic heterocycles. The third-order valence-electron chi connectivity index (χ3n) is 3.15. The van der Waals surface area contributed by atoms with E-state index in [4.69, 9.17) is 28.9 Å². The van der Waals surface area contributed by atoms with Gasteiger partial charge in [-0.15, -0.1) is 5.54 Å². The van der Waals surface area contributed by atoms with Gasteiger partial charge in [0.2, 0.25) is 0 Å². The number of nitriles is 1. The van der Waals surface area contributed by atoms with E-state index in [1.54, 1.807) is 0 Å². The molecule has 0 saturated heterocycles. The normalized spacial score (nSPS) is 11.7. The van der Waals surface area contributed by atoms with Crippen LogP contribution in [-0.2, 0) is 6.18 Å². The van der Waals surface area contributed by atoms with Crippen LogP contribution in [0.5, 0.6) is 0 Å². The number of nitrogen functional groups attached to an aromatic ring is 1. The fraction of sp³-hybridized carbons (Fsp3) is 0.250. The lowest BCUT2D eigenvalue weighted by atomic mass is 10.2. The van der Waals surface area contributed by atoms with Gasteiger partial charge in [-0.25, -0.2) is 4.68 Å². The van der Waals surface area contributed by atoms with E-state index in [0.29, 0.717) is 0 Å². The molecule has 0 unspecified atom stereocenters. The summed E-state index contributed by atoms with van der Waals surface area (Å²) >= 11 is 12.0. The van der Waals surface area contributed by atoms with Crippen LogP contribution in [0.3, 0.4) is 0 Å². The molecule has 0 atom stereocenters. The van der Waals surface area contributed by atoms with Crippen molar-refractivity contribution in [3.8, 4) is 23.2 Å². The van der Waals surface area contributed by atoms with Gasteiger partial charge in [0.1, 0.15) is 31.2 Å². The molecule has 0 saturated carbocycles. The second-order valence-electron chi connectivity index (χ2n) is 6.42. The SMILES string of the molecule is C[Si](C)(C)C#Cc1c(C#N)nn(-c2c(Cl)cc(C(F)(F)F)cc2Cl)c1N. The third kappa shape index (κ3) is 4.16. The molecule has 10 heteroatoms. The van der Waals surface area contributed by atoms with Gasteiger partial charge >= 0.3 is 6.18 Å². The molecule has 0 spiro atoms. The Morgan fingerprint density at radius 2 is 1.73 bits per heavy atom. The highest BCUT2D eigenvalue weighted by Crippen LogP contribution is 2.38. The van der Waals surface area contributed by atoms with Crippen molar-refractivity contribution in [2.75, 3.05) is 5.73 Å². The number of alkyl halides is 3. The number of nitrogens with two attached hydrogens (primary N) is 1. The molecule has 2 N–H and O–H groups in total. The lowest BCUT2D eigenvalue weighted by molar-refractivity contribution is -0.137. The molecular formula is C16H13Cl2F3N4Si. The summed E-state index contributed by atoms with van der Waals surface area (Å²) in [6.45, 7) is 6.03. The number of nitrogens with zero attached hydrogens (tertiary/aromatic N) is 3. The molecule has 2 aromatic rings. The predicted octanol–water partition coefficient (Wildman–Crippen LogP) is 4.88. The Labute approximate surface area is 159 Å². The van der Waals surface area contributed by atoms with Gasteiger partial charge in [0.25, 0.3) is 0 Å². The molecule has 26 heavy (non-hydrogen) atoms. The van der Waals surface area contributed by atoms with Gasteiger partial charge in [0.15, 0.2) is 5.69 Å². The highest BCUT2D eigenvalue weighted by molar-refractivity contribution is 6.83. The Kier molecular flexibility index (Phi) is 5.34. The molecule has 0 amide bonds. The summed E-state index contributed by atoms with van der Waals surface area (Å²) in [6, 6.07) is 3.32. The Morgan fingerprint density at radius 1 is 1.19 bits per heavy atom. The van der Waals surface area contributed by atoms with Crippen LogP contribution in [0.2, 0.25) is 29.7 Å². The van der Waals surface area contributed by atoms with Crippen LogP contribution >= 0.6 is 23.2 Å². The summed E-state index contributed by atoms with van der Waals surface area (Å²) in [5, 5.41) is 12.7. The number of benzene rings is 1. The first-order valence-electron chi connectivity index (χ1n) is 7.23. The zero-order valence-electron chi connectivity index (χ0n) is 14.0.